The lowest BCUT2D eigenvalue weighted by molar-refractivity contribution is 0.541. The van der Waals surface area contributed by atoms with Gasteiger partial charge in [-0.2, -0.15) is 0 Å². The summed E-state index contributed by atoms with van der Waals surface area (Å²) >= 11 is 0. The molecule has 112 valence electrons. The molecule has 0 aliphatic heterocycles. The lowest BCUT2D eigenvalue weighted by atomic mass is 9.76. The third kappa shape index (κ3) is 3.98. The van der Waals surface area contributed by atoms with Crippen molar-refractivity contribution in [3.05, 3.63) is 78.0 Å². The van der Waals surface area contributed by atoms with Crippen molar-refractivity contribution in [1.29, 1.82) is 0 Å². The smallest absolute Gasteiger partial charge is 0.0299 e. The SMILES string of the molecule is C=C(NC)C(=C)C(C)(C)/C(C)=C/C(=C\C)c1ccccc1. The van der Waals surface area contributed by atoms with Crippen molar-refractivity contribution in [1.82, 2.24) is 5.32 Å². The Morgan fingerprint density at radius 1 is 1.14 bits per heavy atom. The summed E-state index contributed by atoms with van der Waals surface area (Å²) in [6.07, 6.45) is 4.38. The molecule has 0 aliphatic rings. The maximum Gasteiger partial charge on any atom is 0.0299 e. The van der Waals surface area contributed by atoms with E-state index < -0.39 is 0 Å². The minimum Gasteiger partial charge on any atom is -0.388 e. The molecule has 0 spiro atoms. The van der Waals surface area contributed by atoms with Crippen LogP contribution in [-0.4, -0.2) is 7.05 Å². The molecule has 0 saturated carbocycles. The van der Waals surface area contributed by atoms with Crippen LogP contribution in [0.5, 0.6) is 0 Å². The number of hydrogen-bond donors (Lipinski definition) is 1. The molecule has 0 unspecified atom stereocenters. The van der Waals surface area contributed by atoms with Crippen LogP contribution in [0.3, 0.4) is 0 Å². The zero-order valence-corrected chi connectivity index (χ0v) is 14.0. The van der Waals surface area contributed by atoms with E-state index in [2.05, 4.69) is 82.6 Å². The highest BCUT2D eigenvalue weighted by atomic mass is 14.8. The summed E-state index contributed by atoms with van der Waals surface area (Å²) in [4.78, 5) is 0. The molecule has 0 aromatic heterocycles. The standard InChI is InChI=1S/C20H27N/c1-8-18(19-12-10-9-11-13-19)14-15(2)20(5,6)16(3)17(4)21-7/h8-14,21H,3-4H2,1-2,5-7H3/b15-14+,18-8+. The predicted octanol–water partition coefficient (Wildman–Crippen LogP) is 5.35. The van der Waals surface area contributed by atoms with Gasteiger partial charge in [0.25, 0.3) is 0 Å². The van der Waals surface area contributed by atoms with Gasteiger partial charge in [0, 0.05) is 18.2 Å². The number of nitrogens with one attached hydrogen (secondary N) is 1. The average Bonchev–Trinajstić information content (AvgIpc) is 2.51. The van der Waals surface area contributed by atoms with E-state index in [0.29, 0.717) is 0 Å². The molecule has 0 amide bonds. The highest BCUT2D eigenvalue weighted by Gasteiger charge is 2.25. The maximum absolute atomic E-state index is 4.20. The molecule has 21 heavy (non-hydrogen) atoms. The molecule has 0 fully saturated rings. The van der Waals surface area contributed by atoms with Crippen LogP contribution < -0.4 is 5.32 Å². The van der Waals surface area contributed by atoms with Crippen LogP contribution in [0.2, 0.25) is 0 Å². The van der Waals surface area contributed by atoms with E-state index in [1.165, 1.54) is 16.7 Å². The van der Waals surface area contributed by atoms with Crippen LogP contribution in [0.25, 0.3) is 5.57 Å². The fourth-order valence-corrected chi connectivity index (χ4v) is 2.14. The third-order valence-corrected chi connectivity index (χ3v) is 4.20. The number of hydrogen-bond acceptors (Lipinski definition) is 1. The number of rotatable bonds is 6. The van der Waals surface area contributed by atoms with Crippen molar-refractivity contribution in [3.8, 4) is 0 Å². The first kappa shape index (κ1) is 17.0. The molecule has 1 N–H and O–H groups in total. The first-order chi connectivity index (χ1) is 9.84. The summed E-state index contributed by atoms with van der Waals surface area (Å²) < 4.78 is 0. The average molecular weight is 281 g/mol. The van der Waals surface area contributed by atoms with Crippen LogP contribution in [0.15, 0.2) is 72.5 Å². The van der Waals surface area contributed by atoms with Gasteiger partial charge in [-0.05, 0) is 30.6 Å². The summed E-state index contributed by atoms with van der Waals surface area (Å²) in [6, 6.07) is 10.4. The number of likely N-dealkylation sites (N-methyl/N-ethyl adjacent to an activating group) is 1. The van der Waals surface area contributed by atoms with E-state index in [1.54, 1.807) is 0 Å². The Balaban J connectivity index is 3.13. The van der Waals surface area contributed by atoms with Gasteiger partial charge in [-0.1, -0.05) is 75.1 Å². The molecule has 1 aromatic carbocycles. The molecule has 1 aromatic rings. The number of benzene rings is 1. The van der Waals surface area contributed by atoms with Gasteiger partial charge in [-0.15, -0.1) is 0 Å². The molecule has 0 saturated heterocycles. The molecule has 0 bridgehead atoms. The topological polar surface area (TPSA) is 12.0 Å². The van der Waals surface area contributed by atoms with Crippen LogP contribution in [0.1, 0.15) is 33.3 Å². The Morgan fingerprint density at radius 3 is 2.19 bits per heavy atom. The highest BCUT2D eigenvalue weighted by Crippen LogP contribution is 2.37. The zero-order chi connectivity index (χ0) is 16.0. The van der Waals surface area contributed by atoms with E-state index in [1.807, 2.05) is 13.1 Å². The summed E-state index contributed by atoms with van der Waals surface area (Å²) in [6.45, 7) is 16.8. The van der Waals surface area contributed by atoms with Gasteiger partial charge in [-0.25, -0.2) is 0 Å². The molecule has 1 rings (SSSR count). The van der Waals surface area contributed by atoms with E-state index in [9.17, 15) is 0 Å². The zero-order valence-electron chi connectivity index (χ0n) is 14.0. The normalized spacial score (nSPS) is 13.0. The second-order valence-corrected chi connectivity index (χ2v) is 5.77. The first-order valence-electron chi connectivity index (χ1n) is 7.31. The molecule has 0 aliphatic carbocycles. The summed E-state index contributed by atoms with van der Waals surface area (Å²) in [5.74, 6) is 0. The quantitative estimate of drug-likeness (QED) is 0.693. The van der Waals surface area contributed by atoms with Crippen molar-refractivity contribution in [3.63, 3.8) is 0 Å². The second-order valence-electron chi connectivity index (χ2n) is 5.77. The molecule has 1 nitrogen and oxygen atoms in total. The Bertz CT molecular complexity index is 571. The largest absolute Gasteiger partial charge is 0.388 e. The van der Waals surface area contributed by atoms with Crippen LogP contribution in [0.4, 0.5) is 0 Å². The summed E-state index contributed by atoms with van der Waals surface area (Å²) in [5.41, 5.74) is 5.48. The fraction of sp³-hybridized carbons (Fsp3) is 0.300. The van der Waals surface area contributed by atoms with Crippen molar-refractivity contribution >= 4 is 5.57 Å². The van der Waals surface area contributed by atoms with Crippen molar-refractivity contribution in [2.75, 3.05) is 7.05 Å². The van der Waals surface area contributed by atoms with Crippen LogP contribution in [0, 0.1) is 5.41 Å². The molecule has 0 atom stereocenters. The Hall–Kier alpha value is -2.02. The van der Waals surface area contributed by atoms with Gasteiger partial charge in [0.1, 0.15) is 0 Å². The minimum absolute atomic E-state index is 0.136. The monoisotopic (exact) mass is 281 g/mol. The van der Waals surface area contributed by atoms with Gasteiger partial charge >= 0.3 is 0 Å². The summed E-state index contributed by atoms with van der Waals surface area (Å²) in [5, 5.41) is 3.09. The van der Waals surface area contributed by atoms with E-state index >= 15 is 0 Å². The van der Waals surface area contributed by atoms with Crippen molar-refractivity contribution < 1.29 is 0 Å². The molecule has 1 heteroatoms. The Labute approximate surface area is 129 Å². The van der Waals surface area contributed by atoms with Gasteiger partial charge in [0.2, 0.25) is 0 Å². The molecule has 0 heterocycles. The third-order valence-electron chi connectivity index (χ3n) is 4.20. The van der Waals surface area contributed by atoms with Crippen LogP contribution >= 0.6 is 0 Å². The predicted molar refractivity (Wildman–Crippen MR) is 95.0 cm³/mol. The molecular weight excluding hydrogens is 254 g/mol. The molecule has 0 radical (unpaired) electrons. The lowest BCUT2D eigenvalue weighted by Gasteiger charge is -2.30. The summed E-state index contributed by atoms with van der Waals surface area (Å²) in [7, 11) is 1.88. The van der Waals surface area contributed by atoms with Gasteiger partial charge in [-0.3, -0.25) is 0 Å². The molecular formula is C20H27N. The minimum atomic E-state index is -0.136. The van der Waals surface area contributed by atoms with Crippen molar-refractivity contribution in [2.24, 2.45) is 5.41 Å². The lowest BCUT2D eigenvalue weighted by Crippen LogP contribution is -2.21. The van der Waals surface area contributed by atoms with Gasteiger partial charge < -0.3 is 5.32 Å². The fourth-order valence-electron chi connectivity index (χ4n) is 2.14. The maximum atomic E-state index is 4.20. The highest BCUT2D eigenvalue weighted by molar-refractivity contribution is 5.74. The van der Waals surface area contributed by atoms with Gasteiger partial charge in [0.15, 0.2) is 0 Å². The van der Waals surface area contributed by atoms with Gasteiger partial charge in [0.05, 0.1) is 0 Å². The van der Waals surface area contributed by atoms with Crippen LogP contribution in [-0.2, 0) is 0 Å². The second kappa shape index (κ2) is 7.12. The van der Waals surface area contributed by atoms with Crippen molar-refractivity contribution in [2.45, 2.75) is 27.7 Å². The van der Waals surface area contributed by atoms with E-state index in [-0.39, 0.29) is 5.41 Å². The number of allylic oxidation sites excluding steroid dienone is 5. The van der Waals surface area contributed by atoms with E-state index in [4.69, 9.17) is 0 Å². The van der Waals surface area contributed by atoms with E-state index in [0.717, 1.165) is 11.3 Å². The first-order valence-corrected chi connectivity index (χ1v) is 7.31. The Kier molecular flexibility index (Phi) is 5.78. The Morgan fingerprint density at radius 2 is 1.71 bits per heavy atom.